The number of amides is 1. The minimum atomic E-state index is -4.88. The quantitative estimate of drug-likeness (QED) is 0.255. The molecule has 0 radical (unpaired) electrons. The lowest BCUT2D eigenvalue weighted by molar-refractivity contribution is -0.138. The highest BCUT2D eigenvalue weighted by Gasteiger charge is 2.35. The zero-order valence-corrected chi connectivity index (χ0v) is 24.7. The van der Waals surface area contributed by atoms with Gasteiger partial charge in [-0.25, -0.2) is 8.78 Å². The van der Waals surface area contributed by atoms with Crippen LogP contribution in [-0.4, -0.2) is 28.7 Å². The Labute approximate surface area is 259 Å². The monoisotopic (exact) mass is 642 g/mol. The molecular weight excluding hydrogens is 615 g/mol. The standard InChI is InChI=1S/C33H27F5N2O6/c1-16-9-21(45-3)13-26-29(16)19-8-17(2)30(35)23(11-19)25(14-28(42)43)39-32(44)31(22-10-18(15-46-26)4-5-24(22)34)40-7-6-20(12-27(40)41)33(36,37)38/h4-13,25,31H,14-15H2,1-3H3,(H,39,44)(H,42,43)/t25-,31+/m1/s1. The molecule has 240 valence electrons. The first-order chi connectivity index (χ1) is 21.7. The first-order valence-electron chi connectivity index (χ1n) is 13.9. The minimum Gasteiger partial charge on any atom is -0.497 e. The molecule has 2 heterocycles. The average molecular weight is 643 g/mol. The highest BCUT2D eigenvalue weighted by atomic mass is 19.4. The van der Waals surface area contributed by atoms with E-state index < -0.39 is 64.9 Å². The molecule has 2 atom stereocenters. The summed E-state index contributed by atoms with van der Waals surface area (Å²) >= 11 is 0. The fourth-order valence-electron chi connectivity index (χ4n) is 5.53. The van der Waals surface area contributed by atoms with E-state index in [9.17, 15) is 32.7 Å². The lowest BCUT2D eigenvalue weighted by Crippen LogP contribution is -2.41. The summed E-state index contributed by atoms with van der Waals surface area (Å²) in [6, 6.07) is 7.16. The Morgan fingerprint density at radius 3 is 2.41 bits per heavy atom. The maximum Gasteiger partial charge on any atom is 0.416 e. The molecule has 0 aliphatic carbocycles. The molecule has 4 aromatic rings. The van der Waals surface area contributed by atoms with Crippen LogP contribution in [0.3, 0.4) is 0 Å². The molecule has 46 heavy (non-hydrogen) atoms. The lowest BCUT2D eigenvalue weighted by atomic mass is 9.91. The average Bonchev–Trinajstić information content (AvgIpc) is 2.97. The van der Waals surface area contributed by atoms with E-state index >= 15 is 8.78 Å². The number of hydrogen-bond donors (Lipinski definition) is 2. The Morgan fingerprint density at radius 1 is 1.02 bits per heavy atom. The third kappa shape index (κ3) is 6.30. The Bertz CT molecular complexity index is 1920. The molecule has 1 amide bonds. The molecule has 0 saturated heterocycles. The van der Waals surface area contributed by atoms with Crippen LogP contribution in [0.1, 0.15) is 51.9 Å². The van der Waals surface area contributed by atoms with E-state index in [1.807, 2.05) is 0 Å². The number of benzene rings is 3. The van der Waals surface area contributed by atoms with Crippen LogP contribution < -0.4 is 20.3 Å². The number of pyridine rings is 1. The number of aliphatic carboxylic acids is 1. The molecule has 8 nitrogen and oxygen atoms in total. The lowest BCUT2D eigenvalue weighted by Gasteiger charge is -2.26. The molecule has 5 rings (SSSR count). The van der Waals surface area contributed by atoms with E-state index in [0.717, 1.165) is 6.07 Å². The Hall–Kier alpha value is -5.20. The Morgan fingerprint density at radius 2 is 1.76 bits per heavy atom. The van der Waals surface area contributed by atoms with E-state index in [2.05, 4.69) is 5.32 Å². The molecule has 0 unspecified atom stereocenters. The highest BCUT2D eigenvalue weighted by Crippen LogP contribution is 2.40. The number of fused-ring (bicyclic) bond motifs is 6. The second-order valence-corrected chi connectivity index (χ2v) is 10.9. The van der Waals surface area contributed by atoms with Gasteiger partial charge in [0.2, 0.25) is 5.91 Å². The van der Waals surface area contributed by atoms with E-state index in [0.29, 0.717) is 50.6 Å². The van der Waals surface area contributed by atoms with Crippen LogP contribution in [0.2, 0.25) is 0 Å². The fraction of sp³-hybridized carbons (Fsp3) is 0.242. The normalized spacial score (nSPS) is 16.5. The van der Waals surface area contributed by atoms with Crippen LogP contribution in [0.15, 0.2) is 65.6 Å². The van der Waals surface area contributed by atoms with Crippen molar-refractivity contribution in [2.75, 3.05) is 7.11 Å². The molecule has 0 saturated carbocycles. The van der Waals surface area contributed by atoms with Gasteiger partial charge >= 0.3 is 12.1 Å². The molecule has 1 aliphatic rings. The number of carbonyl (C=O) groups is 2. The number of nitrogens with zero attached hydrogens (tertiary/aromatic N) is 1. The van der Waals surface area contributed by atoms with Gasteiger partial charge in [0.15, 0.2) is 0 Å². The van der Waals surface area contributed by atoms with Gasteiger partial charge in [-0.1, -0.05) is 6.07 Å². The van der Waals surface area contributed by atoms with Gasteiger partial charge in [0.1, 0.15) is 35.8 Å². The maximum atomic E-state index is 15.8. The summed E-state index contributed by atoms with van der Waals surface area (Å²) in [6.45, 7) is 3.04. The summed E-state index contributed by atoms with van der Waals surface area (Å²) in [7, 11) is 1.46. The molecule has 2 N–H and O–H groups in total. The number of aromatic nitrogens is 1. The predicted molar refractivity (Wildman–Crippen MR) is 156 cm³/mol. The summed E-state index contributed by atoms with van der Waals surface area (Å²) in [5.74, 6) is -3.66. The van der Waals surface area contributed by atoms with Crippen molar-refractivity contribution in [3.63, 3.8) is 0 Å². The zero-order chi connectivity index (χ0) is 33.5. The van der Waals surface area contributed by atoms with Crippen molar-refractivity contribution in [1.29, 1.82) is 0 Å². The number of rotatable bonds is 4. The number of halogens is 5. The van der Waals surface area contributed by atoms with Crippen molar-refractivity contribution < 1.29 is 46.1 Å². The Balaban J connectivity index is 1.79. The largest absolute Gasteiger partial charge is 0.497 e. The summed E-state index contributed by atoms with van der Waals surface area (Å²) in [5.41, 5.74) is -1.16. The van der Waals surface area contributed by atoms with Gasteiger partial charge in [-0.05, 0) is 72.5 Å². The SMILES string of the molecule is COc1cc(C)c2c(c1)OCc1ccc(F)c(c1)[C@H](n1ccc(C(F)(F)F)cc1=O)C(=O)N[C@H](CC(=O)O)c1cc-2cc(C)c1F. The van der Waals surface area contributed by atoms with Crippen LogP contribution in [0.25, 0.3) is 11.1 Å². The van der Waals surface area contributed by atoms with Crippen LogP contribution in [0.5, 0.6) is 11.5 Å². The molecule has 4 bridgehead atoms. The molecule has 3 aromatic carbocycles. The number of carboxylic acid groups (broad SMARTS) is 1. The number of carboxylic acids is 1. The van der Waals surface area contributed by atoms with Gasteiger partial charge in [0.05, 0.1) is 25.1 Å². The number of nitrogens with one attached hydrogen (secondary N) is 1. The summed E-state index contributed by atoms with van der Waals surface area (Å²) in [4.78, 5) is 38.9. The molecule has 13 heteroatoms. The smallest absolute Gasteiger partial charge is 0.416 e. The van der Waals surface area contributed by atoms with Crippen molar-refractivity contribution in [3.05, 3.63) is 116 Å². The van der Waals surface area contributed by atoms with E-state index in [1.54, 1.807) is 19.1 Å². The first kappa shape index (κ1) is 32.2. The van der Waals surface area contributed by atoms with Crippen molar-refractivity contribution in [2.45, 2.75) is 45.1 Å². The number of hydrogen-bond acceptors (Lipinski definition) is 5. The van der Waals surface area contributed by atoms with Crippen LogP contribution in [0, 0.1) is 25.5 Å². The van der Waals surface area contributed by atoms with E-state index in [1.165, 1.54) is 38.3 Å². The number of carbonyl (C=O) groups excluding carboxylic acids is 1. The molecule has 1 aliphatic heterocycles. The molecule has 0 fully saturated rings. The zero-order valence-electron chi connectivity index (χ0n) is 24.7. The van der Waals surface area contributed by atoms with E-state index in [4.69, 9.17) is 9.47 Å². The van der Waals surface area contributed by atoms with Crippen LogP contribution in [-0.2, 0) is 22.4 Å². The van der Waals surface area contributed by atoms with Gasteiger partial charge in [-0.15, -0.1) is 0 Å². The Kier molecular flexibility index (Phi) is 8.61. The topological polar surface area (TPSA) is 107 Å². The van der Waals surface area contributed by atoms with Crippen LogP contribution >= 0.6 is 0 Å². The highest BCUT2D eigenvalue weighted by molar-refractivity contribution is 5.85. The van der Waals surface area contributed by atoms with Gasteiger partial charge in [-0.3, -0.25) is 19.0 Å². The number of ether oxygens (including phenoxy) is 2. The number of aryl methyl sites for hydroxylation is 2. The summed E-state index contributed by atoms with van der Waals surface area (Å²) in [6.07, 6.45) is -5.01. The molecule has 0 spiro atoms. The third-order valence-electron chi connectivity index (χ3n) is 7.70. The minimum absolute atomic E-state index is 0.108. The van der Waals surface area contributed by atoms with Crippen molar-refractivity contribution in [1.82, 2.24) is 9.88 Å². The van der Waals surface area contributed by atoms with Crippen LogP contribution in [0.4, 0.5) is 22.0 Å². The van der Waals surface area contributed by atoms with Crippen molar-refractivity contribution >= 4 is 11.9 Å². The fourth-order valence-corrected chi connectivity index (χ4v) is 5.53. The second kappa shape index (κ2) is 12.3. The van der Waals surface area contributed by atoms with Crippen molar-refractivity contribution in [2.24, 2.45) is 0 Å². The van der Waals surface area contributed by atoms with E-state index in [-0.39, 0.29) is 23.8 Å². The second-order valence-electron chi connectivity index (χ2n) is 10.9. The molecule has 1 aromatic heterocycles. The summed E-state index contributed by atoms with van der Waals surface area (Å²) in [5, 5.41) is 12.2. The first-order valence-corrected chi connectivity index (χ1v) is 13.9. The number of alkyl halides is 3. The third-order valence-corrected chi connectivity index (χ3v) is 7.70. The summed E-state index contributed by atoms with van der Waals surface area (Å²) < 4.78 is 83.5. The van der Waals surface area contributed by atoms with Gasteiger partial charge < -0.3 is 19.9 Å². The maximum absolute atomic E-state index is 15.8. The number of methoxy groups -OCH3 is 1. The van der Waals surface area contributed by atoms with Crippen molar-refractivity contribution in [3.8, 4) is 22.6 Å². The molecular formula is C33H27F5N2O6. The van der Waals surface area contributed by atoms with Gasteiger partial charge in [0, 0.05) is 35.0 Å². The van der Waals surface area contributed by atoms with Gasteiger partial charge in [-0.2, -0.15) is 13.2 Å². The predicted octanol–water partition coefficient (Wildman–Crippen LogP) is 6.25. The van der Waals surface area contributed by atoms with Gasteiger partial charge in [0.25, 0.3) is 5.56 Å².